The number of ether oxygens (including phenoxy) is 2. The fraction of sp³-hybridized carbons (Fsp3) is 0.211. The number of hydrogen-bond acceptors (Lipinski definition) is 5. The van der Waals surface area contributed by atoms with Gasteiger partial charge in [0.05, 0.1) is 32.5 Å². The van der Waals surface area contributed by atoms with Crippen molar-refractivity contribution < 1.29 is 19.1 Å². The van der Waals surface area contributed by atoms with Crippen LogP contribution in [0, 0.1) is 0 Å². The minimum atomic E-state index is -0.294. The highest BCUT2D eigenvalue weighted by Crippen LogP contribution is 2.32. The van der Waals surface area contributed by atoms with Crippen LogP contribution in [0.1, 0.15) is 11.1 Å². The minimum Gasteiger partial charge on any atom is -0.493 e. The molecule has 2 amide bonds. The second kappa shape index (κ2) is 7.69. The standard InChI is InChI=1S/C19H19N3O4/c1-25-16-8-13-5-7-22(19(24)10-14(13)9-17(16)26-2)12-18(23)21-15-4-3-6-20-11-15/h3-9,11H,10,12H2,1-2H3,(H,21,23). The highest BCUT2D eigenvalue weighted by molar-refractivity contribution is 5.95. The van der Waals surface area contributed by atoms with Gasteiger partial charge in [-0.05, 0) is 41.5 Å². The van der Waals surface area contributed by atoms with Crippen molar-refractivity contribution in [3.8, 4) is 11.5 Å². The SMILES string of the molecule is COc1cc2c(cc1OC)CC(=O)N(CC(=O)Nc1cccnc1)C=C2. The Labute approximate surface area is 151 Å². The molecule has 2 aromatic rings. The van der Waals surface area contributed by atoms with Crippen molar-refractivity contribution in [1.29, 1.82) is 0 Å². The van der Waals surface area contributed by atoms with E-state index in [1.807, 2.05) is 6.07 Å². The van der Waals surface area contributed by atoms with Crippen molar-refractivity contribution in [2.24, 2.45) is 0 Å². The van der Waals surface area contributed by atoms with Crippen molar-refractivity contribution in [2.45, 2.75) is 6.42 Å². The number of pyridine rings is 1. The zero-order valence-electron chi connectivity index (χ0n) is 14.6. The predicted octanol–water partition coefficient (Wildman–Crippen LogP) is 2.09. The number of carbonyl (C=O) groups is 2. The maximum absolute atomic E-state index is 12.5. The molecule has 2 heterocycles. The Kier molecular flexibility index (Phi) is 5.17. The Bertz CT molecular complexity index is 849. The van der Waals surface area contributed by atoms with Gasteiger partial charge in [-0.25, -0.2) is 0 Å². The number of hydrogen-bond donors (Lipinski definition) is 1. The van der Waals surface area contributed by atoms with E-state index in [0.717, 1.165) is 11.1 Å². The first-order valence-corrected chi connectivity index (χ1v) is 8.03. The highest BCUT2D eigenvalue weighted by Gasteiger charge is 2.21. The number of carbonyl (C=O) groups excluding carboxylic acids is 2. The zero-order valence-corrected chi connectivity index (χ0v) is 14.6. The van der Waals surface area contributed by atoms with Crippen molar-refractivity contribution in [2.75, 3.05) is 26.1 Å². The molecule has 0 aliphatic carbocycles. The van der Waals surface area contributed by atoms with Crippen LogP contribution in [0.15, 0.2) is 42.9 Å². The van der Waals surface area contributed by atoms with E-state index < -0.39 is 0 Å². The second-order valence-corrected chi connectivity index (χ2v) is 5.71. The third kappa shape index (κ3) is 3.83. The van der Waals surface area contributed by atoms with E-state index in [4.69, 9.17) is 9.47 Å². The Hall–Kier alpha value is -3.35. The smallest absolute Gasteiger partial charge is 0.244 e. The fourth-order valence-corrected chi connectivity index (χ4v) is 2.70. The van der Waals surface area contributed by atoms with E-state index in [1.165, 1.54) is 4.90 Å². The lowest BCUT2D eigenvalue weighted by Crippen LogP contribution is -2.34. The van der Waals surface area contributed by atoms with Crippen LogP contribution in [-0.2, 0) is 16.0 Å². The highest BCUT2D eigenvalue weighted by atomic mass is 16.5. The number of methoxy groups -OCH3 is 2. The lowest BCUT2D eigenvalue weighted by atomic mass is 10.0. The van der Waals surface area contributed by atoms with Crippen LogP contribution >= 0.6 is 0 Å². The van der Waals surface area contributed by atoms with Crippen LogP contribution in [0.5, 0.6) is 11.5 Å². The van der Waals surface area contributed by atoms with Crippen LogP contribution in [0.3, 0.4) is 0 Å². The van der Waals surface area contributed by atoms with Gasteiger partial charge in [0.15, 0.2) is 11.5 Å². The first kappa shape index (κ1) is 17.5. The van der Waals surface area contributed by atoms with Crippen molar-refractivity contribution in [1.82, 2.24) is 9.88 Å². The van der Waals surface area contributed by atoms with E-state index in [2.05, 4.69) is 10.3 Å². The average Bonchev–Trinajstić information content (AvgIpc) is 2.80. The summed E-state index contributed by atoms with van der Waals surface area (Å²) in [6.45, 7) is -0.0769. The number of fused-ring (bicyclic) bond motifs is 1. The molecule has 26 heavy (non-hydrogen) atoms. The molecule has 134 valence electrons. The molecule has 1 aromatic heterocycles. The lowest BCUT2D eigenvalue weighted by Gasteiger charge is -2.16. The number of anilines is 1. The van der Waals surface area contributed by atoms with Crippen LogP contribution in [0.4, 0.5) is 5.69 Å². The molecular weight excluding hydrogens is 334 g/mol. The number of aromatic nitrogens is 1. The lowest BCUT2D eigenvalue weighted by molar-refractivity contribution is -0.131. The molecule has 0 radical (unpaired) electrons. The minimum absolute atomic E-state index is 0.0769. The van der Waals surface area contributed by atoms with Gasteiger partial charge in [-0.1, -0.05) is 0 Å². The summed E-state index contributed by atoms with van der Waals surface area (Å²) in [6.07, 6.45) is 6.74. The fourth-order valence-electron chi connectivity index (χ4n) is 2.70. The molecule has 7 heteroatoms. The van der Waals surface area contributed by atoms with Crippen LogP contribution in [0.2, 0.25) is 0 Å². The molecule has 1 aromatic carbocycles. The maximum atomic E-state index is 12.5. The Morgan fingerprint density at radius 1 is 1.27 bits per heavy atom. The molecule has 1 N–H and O–H groups in total. The molecular formula is C19H19N3O4. The maximum Gasteiger partial charge on any atom is 0.244 e. The quantitative estimate of drug-likeness (QED) is 0.890. The summed E-state index contributed by atoms with van der Waals surface area (Å²) >= 11 is 0. The molecule has 0 bridgehead atoms. The van der Waals surface area contributed by atoms with Crippen molar-refractivity contribution >= 4 is 23.6 Å². The van der Waals surface area contributed by atoms with Gasteiger partial charge in [0.25, 0.3) is 0 Å². The normalized spacial score (nSPS) is 13.0. The molecule has 1 aliphatic rings. The van der Waals surface area contributed by atoms with Crippen molar-refractivity contribution in [3.63, 3.8) is 0 Å². The average molecular weight is 353 g/mol. The van der Waals surface area contributed by atoms with Crippen molar-refractivity contribution in [3.05, 3.63) is 54.0 Å². The third-order valence-corrected chi connectivity index (χ3v) is 4.00. The summed E-state index contributed by atoms with van der Waals surface area (Å²) in [5.41, 5.74) is 2.26. The number of amides is 2. The monoisotopic (exact) mass is 353 g/mol. The van der Waals surface area contributed by atoms with Gasteiger partial charge in [0.2, 0.25) is 11.8 Å². The Morgan fingerprint density at radius 2 is 2.04 bits per heavy atom. The summed E-state index contributed by atoms with van der Waals surface area (Å²) in [5, 5.41) is 2.72. The molecule has 0 saturated heterocycles. The van der Waals surface area contributed by atoms with E-state index in [0.29, 0.717) is 17.2 Å². The molecule has 1 aliphatic heterocycles. The van der Waals surface area contributed by atoms with E-state index >= 15 is 0 Å². The summed E-state index contributed by atoms with van der Waals surface area (Å²) in [6, 6.07) is 7.07. The van der Waals surface area contributed by atoms with Gasteiger partial charge >= 0.3 is 0 Å². The van der Waals surface area contributed by atoms with Gasteiger partial charge in [-0.2, -0.15) is 0 Å². The third-order valence-electron chi connectivity index (χ3n) is 4.00. The largest absolute Gasteiger partial charge is 0.493 e. The molecule has 3 rings (SSSR count). The Morgan fingerprint density at radius 3 is 2.73 bits per heavy atom. The van der Waals surface area contributed by atoms with Crippen LogP contribution in [0.25, 0.3) is 6.08 Å². The zero-order chi connectivity index (χ0) is 18.5. The molecule has 0 fully saturated rings. The number of rotatable bonds is 5. The second-order valence-electron chi connectivity index (χ2n) is 5.71. The van der Waals surface area contributed by atoms with Crippen LogP contribution in [-0.4, -0.2) is 42.5 Å². The summed E-state index contributed by atoms with van der Waals surface area (Å²) < 4.78 is 10.6. The van der Waals surface area contributed by atoms with Gasteiger partial charge in [-0.3, -0.25) is 14.6 Å². The first-order chi connectivity index (χ1) is 12.6. The molecule has 0 unspecified atom stereocenters. The predicted molar refractivity (Wildman–Crippen MR) is 96.9 cm³/mol. The number of nitrogens with zero attached hydrogens (tertiary/aromatic N) is 2. The molecule has 0 saturated carbocycles. The van der Waals surface area contributed by atoms with E-state index in [9.17, 15) is 9.59 Å². The molecule has 7 nitrogen and oxygen atoms in total. The van der Waals surface area contributed by atoms with Crippen LogP contribution < -0.4 is 14.8 Å². The molecule has 0 atom stereocenters. The van der Waals surface area contributed by atoms with Gasteiger partial charge in [-0.15, -0.1) is 0 Å². The molecule has 0 spiro atoms. The topological polar surface area (TPSA) is 80.8 Å². The van der Waals surface area contributed by atoms with Gasteiger partial charge in [0, 0.05) is 12.4 Å². The first-order valence-electron chi connectivity index (χ1n) is 8.03. The van der Waals surface area contributed by atoms with Gasteiger partial charge in [0.1, 0.15) is 6.54 Å². The number of nitrogens with one attached hydrogen (secondary N) is 1. The van der Waals surface area contributed by atoms with E-state index in [1.54, 1.807) is 57.1 Å². The number of benzene rings is 1. The summed E-state index contributed by atoms with van der Waals surface area (Å²) in [7, 11) is 3.11. The summed E-state index contributed by atoms with van der Waals surface area (Å²) in [5.74, 6) is 0.687. The van der Waals surface area contributed by atoms with Gasteiger partial charge < -0.3 is 19.7 Å². The van der Waals surface area contributed by atoms with E-state index in [-0.39, 0.29) is 24.8 Å². The summed E-state index contributed by atoms with van der Waals surface area (Å²) in [4.78, 5) is 30.1. The Balaban J connectivity index is 1.75.